The zero-order chi connectivity index (χ0) is 16.3. The molecule has 1 aliphatic heterocycles. The Kier molecular flexibility index (Phi) is 4.85. The lowest BCUT2D eigenvalue weighted by molar-refractivity contribution is -0.132. The van der Waals surface area contributed by atoms with E-state index in [2.05, 4.69) is 0 Å². The molecule has 0 unspecified atom stereocenters. The molecular formula is C18H24FNO3. The third-order valence-electron chi connectivity index (χ3n) is 4.93. The normalized spacial score (nSPS) is 25.0. The van der Waals surface area contributed by atoms with E-state index in [0.29, 0.717) is 37.6 Å². The first-order chi connectivity index (χ1) is 11.0. The lowest BCUT2D eigenvalue weighted by Gasteiger charge is -2.24. The van der Waals surface area contributed by atoms with Crippen molar-refractivity contribution in [2.45, 2.75) is 44.1 Å². The third-order valence-corrected chi connectivity index (χ3v) is 4.93. The van der Waals surface area contributed by atoms with Gasteiger partial charge in [-0.1, -0.05) is 18.9 Å². The fourth-order valence-corrected chi connectivity index (χ4v) is 3.55. The first-order valence-corrected chi connectivity index (χ1v) is 8.43. The van der Waals surface area contributed by atoms with Gasteiger partial charge in [-0.3, -0.25) is 4.79 Å². The number of halogens is 1. The predicted molar refractivity (Wildman–Crippen MR) is 84.6 cm³/mol. The molecule has 0 radical (unpaired) electrons. The van der Waals surface area contributed by atoms with E-state index in [9.17, 15) is 14.3 Å². The number of ether oxygens (including phenoxy) is 1. The largest absolute Gasteiger partial charge is 0.490 e. The molecule has 1 heterocycles. The average Bonchev–Trinajstić information content (AvgIpc) is 3.16. The summed E-state index contributed by atoms with van der Waals surface area (Å²) in [4.78, 5) is 14.1. The van der Waals surface area contributed by atoms with Crippen LogP contribution in [0.15, 0.2) is 24.3 Å². The molecule has 1 atom stereocenters. The Labute approximate surface area is 136 Å². The van der Waals surface area contributed by atoms with Gasteiger partial charge in [0.2, 0.25) is 5.91 Å². The van der Waals surface area contributed by atoms with Crippen LogP contribution in [0.1, 0.15) is 38.5 Å². The van der Waals surface area contributed by atoms with E-state index >= 15 is 0 Å². The minimum absolute atomic E-state index is 0.0731. The second-order valence-electron chi connectivity index (χ2n) is 6.89. The Morgan fingerprint density at radius 3 is 2.91 bits per heavy atom. The second-order valence-corrected chi connectivity index (χ2v) is 6.89. The molecule has 1 N–H and O–H groups in total. The molecule has 1 amide bonds. The lowest BCUT2D eigenvalue weighted by Crippen LogP contribution is -2.41. The standard InChI is InChI=1S/C18H24FNO3/c19-15-6-3-7-16(11-15)23-13-18(22)8-9-20(12-18)17(21)10-14-4-1-2-5-14/h3,6-7,11,14,22H,1-2,4-5,8-10,12-13H2/t18-/m0/s1. The first kappa shape index (κ1) is 16.2. The molecule has 126 valence electrons. The van der Waals surface area contributed by atoms with Crippen molar-refractivity contribution in [3.05, 3.63) is 30.1 Å². The number of rotatable bonds is 5. The number of likely N-dealkylation sites (tertiary alicyclic amines) is 1. The van der Waals surface area contributed by atoms with Crippen molar-refractivity contribution in [2.75, 3.05) is 19.7 Å². The number of carbonyl (C=O) groups is 1. The molecule has 1 saturated carbocycles. The smallest absolute Gasteiger partial charge is 0.222 e. The summed E-state index contributed by atoms with van der Waals surface area (Å²) in [7, 11) is 0. The van der Waals surface area contributed by atoms with Gasteiger partial charge in [0.15, 0.2) is 0 Å². The van der Waals surface area contributed by atoms with Crippen LogP contribution in [0.2, 0.25) is 0 Å². The molecule has 5 heteroatoms. The van der Waals surface area contributed by atoms with Gasteiger partial charge >= 0.3 is 0 Å². The summed E-state index contributed by atoms with van der Waals surface area (Å²) >= 11 is 0. The summed E-state index contributed by atoms with van der Waals surface area (Å²) in [6.07, 6.45) is 5.84. The van der Waals surface area contributed by atoms with Gasteiger partial charge in [-0.05, 0) is 37.3 Å². The van der Waals surface area contributed by atoms with Gasteiger partial charge in [0.1, 0.15) is 23.8 Å². The maximum absolute atomic E-state index is 13.1. The summed E-state index contributed by atoms with van der Waals surface area (Å²) in [5.41, 5.74) is -1.04. The summed E-state index contributed by atoms with van der Waals surface area (Å²) in [5.74, 6) is 0.682. The summed E-state index contributed by atoms with van der Waals surface area (Å²) < 4.78 is 18.6. The van der Waals surface area contributed by atoms with Crippen molar-refractivity contribution in [1.82, 2.24) is 4.90 Å². The van der Waals surface area contributed by atoms with Crippen molar-refractivity contribution in [3.63, 3.8) is 0 Å². The highest BCUT2D eigenvalue weighted by Crippen LogP contribution is 2.30. The van der Waals surface area contributed by atoms with Crippen LogP contribution < -0.4 is 4.74 Å². The molecule has 1 aromatic carbocycles. The number of carbonyl (C=O) groups excluding carboxylic acids is 1. The second kappa shape index (κ2) is 6.87. The van der Waals surface area contributed by atoms with Crippen LogP contribution in [-0.2, 0) is 4.79 Å². The van der Waals surface area contributed by atoms with Crippen molar-refractivity contribution in [1.29, 1.82) is 0 Å². The van der Waals surface area contributed by atoms with E-state index in [1.165, 1.54) is 25.0 Å². The molecule has 23 heavy (non-hydrogen) atoms. The van der Waals surface area contributed by atoms with E-state index in [1.807, 2.05) is 0 Å². The highest BCUT2D eigenvalue weighted by atomic mass is 19.1. The van der Waals surface area contributed by atoms with E-state index < -0.39 is 5.60 Å². The van der Waals surface area contributed by atoms with Crippen LogP contribution in [0.3, 0.4) is 0 Å². The molecule has 1 aromatic rings. The molecule has 4 nitrogen and oxygen atoms in total. The van der Waals surface area contributed by atoms with E-state index in [1.54, 1.807) is 17.0 Å². The minimum Gasteiger partial charge on any atom is -0.490 e. The van der Waals surface area contributed by atoms with Crippen LogP contribution in [-0.4, -0.2) is 41.2 Å². The molecule has 1 saturated heterocycles. The van der Waals surface area contributed by atoms with Crippen molar-refractivity contribution >= 4 is 5.91 Å². The molecule has 0 spiro atoms. The van der Waals surface area contributed by atoms with Crippen molar-refractivity contribution < 1.29 is 19.0 Å². The quantitative estimate of drug-likeness (QED) is 0.907. The maximum atomic E-state index is 13.1. The van der Waals surface area contributed by atoms with Gasteiger partial charge in [-0.25, -0.2) is 4.39 Å². The monoisotopic (exact) mass is 321 g/mol. The molecule has 0 bridgehead atoms. The molecule has 0 aromatic heterocycles. The Hall–Kier alpha value is -1.62. The summed E-state index contributed by atoms with van der Waals surface area (Å²) in [6, 6.07) is 5.87. The SMILES string of the molecule is O=C(CC1CCCC1)N1CC[C@@](O)(COc2cccc(F)c2)C1. The fourth-order valence-electron chi connectivity index (χ4n) is 3.55. The van der Waals surface area contributed by atoms with Gasteiger partial charge in [0.05, 0.1) is 6.54 Å². The van der Waals surface area contributed by atoms with Gasteiger partial charge in [-0.15, -0.1) is 0 Å². The topological polar surface area (TPSA) is 49.8 Å². The molecule has 2 fully saturated rings. The van der Waals surface area contributed by atoms with Gasteiger partial charge < -0.3 is 14.7 Å². The fraction of sp³-hybridized carbons (Fsp3) is 0.611. The van der Waals surface area contributed by atoms with Crippen molar-refractivity contribution in [2.24, 2.45) is 5.92 Å². The Morgan fingerprint density at radius 1 is 1.39 bits per heavy atom. The zero-order valence-corrected chi connectivity index (χ0v) is 13.3. The van der Waals surface area contributed by atoms with Gasteiger partial charge in [0, 0.05) is 19.0 Å². The van der Waals surface area contributed by atoms with Gasteiger partial charge in [0.25, 0.3) is 0 Å². The first-order valence-electron chi connectivity index (χ1n) is 8.43. The number of β-amino-alcohol motifs (C(OH)–C–C–N with tert-alkyl or cyclic N) is 1. The van der Waals surface area contributed by atoms with Crippen LogP contribution >= 0.6 is 0 Å². The number of benzene rings is 1. The minimum atomic E-state index is -1.04. The Bertz CT molecular complexity index is 559. The van der Waals surface area contributed by atoms with E-state index in [-0.39, 0.29) is 18.3 Å². The van der Waals surface area contributed by atoms with Crippen LogP contribution in [0, 0.1) is 11.7 Å². The van der Waals surface area contributed by atoms with E-state index in [4.69, 9.17) is 4.74 Å². The van der Waals surface area contributed by atoms with Gasteiger partial charge in [-0.2, -0.15) is 0 Å². The summed E-state index contributed by atoms with van der Waals surface area (Å²) in [6.45, 7) is 0.937. The average molecular weight is 321 g/mol. The molecule has 2 aliphatic rings. The van der Waals surface area contributed by atoms with E-state index in [0.717, 1.165) is 12.8 Å². The maximum Gasteiger partial charge on any atom is 0.222 e. The Morgan fingerprint density at radius 2 is 2.17 bits per heavy atom. The summed E-state index contributed by atoms with van der Waals surface area (Å²) in [5, 5.41) is 10.6. The highest BCUT2D eigenvalue weighted by Gasteiger charge is 2.39. The molecular weight excluding hydrogens is 297 g/mol. The van der Waals surface area contributed by atoms with Crippen LogP contribution in [0.4, 0.5) is 4.39 Å². The molecule has 3 rings (SSSR count). The third kappa shape index (κ3) is 4.22. The predicted octanol–water partition coefficient (Wildman–Crippen LogP) is 2.75. The number of nitrogens with zero attached hydrogens (tertiary/aromatic N) is 1. The highest BCUT2D eigenvalue weighted by molar-refractivity contribution is 5.77. The van der Waals surface area contributed by atoms with Crippen LogP contribution in [0.5, 0.6) is 5.75 Å². The number of aliphatic hydroxyl groups is 1. The number of amides is 1. The Balaban J connectivity index is 1.50. The lowest BCUT2D eigenvalue weighted by atomic mass is 10.0. The van der Waals surface area contributed by atoms with Crippen LogP contribution in [0.25, 0.3) is 0 Å². The zero-order valence-electron chi connectivity index (χ0n) is 13.3. The van der Waals surface area contributed by atoms with Crippen molar-refractivity contribution in [3.8, 4) is 5.75 Å². The molecule has 1 aliphatic carbocycles. The number of hydrogen-bond donors (Lipinski definition) is 1. The number of hydrogen-bond acceptors (Lipinski definition) is 3.